The summed E-state index contributed by atoms with van der Waals surface area (Å²) in [5.41, 5.74) is 2.33. The van der Waals surface area contributed by atoms with Crippen molar-refractivity contribution >= 4 is 67.0 Å². The van der Waals surface area contributed by atoms with E-state index in [-0.39, 0.29) is 5.57 Å². The maximum absolute atomic E-state index is 12.7. The molecule has 180 valence electrons. The van der Waals surface area contributed by atoms with Crippen LogP contribution >= 0.6 is 38.5 Å². The number of carbonyl (C=O) groups is 1. The van der Waals surface area contributed by atoms with E-state index in [9.17, 15) is 10.1 Å². The van der Waals surface area contributed by atoms with E-state index in [1.54, 1.807) is 24.3 Å². The zero-order valence-electron chi connectivity index (χ0n) is 19.4. The first-order valence-electron chi connectivity index (χ1n) is 11.2. The van der Waals surface area contributed by atoms with Gasteiger partial charge in [-0.1, -0.05) is 58.4 Å². The van der Waals surface area contributed by atoms with Gasteiger partial charge in [0.15, 0.2) is 11.5 Å². The van der Waals surface area contributed by atoms with Crippen LogP contribution in [0.4, 0.5) is 5.69 Å². The number of benzene rings is 4. The highest BCUT2D eigenvalue weighted by Gasteiger charge is 2.15. The zero-order valence-corrected chi connectivity index (χ0v) is 23.2. The largest absolute Gasteiger partial charge is 0.490 e. The molecule has 0 unspecified atom stereocenters. The summed E-state index contributed by atoms with van der Waals surface area (Å²) < 4.78 is 13.8. The summed E-state index contributed by atoms with van der Waals surface area (Å²) in [5, 5.41) is 14.7. The number of nitrogens with zero attached hydrogens (tertiary/aromatic N) is 1. The second-order valence-electron chi connectivity index (χ2n) is 7.82. The molecule has 4 aromatic rings. The third-order valence-corrected chi connectivity index (χ3v) is 6.69. The van der Waals surface area contributed by atoms with E-state index in [1.165, 1.54) is 0 Å². The smallest absolute Gasteiger partial charge is 0.266 e. The molecule has 4 aromatic carbocycles. The van der Waals surface area contributed by atoms with Gasteiger partial charge in [0.2, 0.25) is 0 Å². The minimum atomic E-state index is -0.482. The van der Waals surface area contributed by atoms with Gasteiger partial charge in [0.25, 0.3) is 5.91 Å². The summed E-state index contributed by atoms with van der Waals surface area (Å²) >= 11 is 5.55. The van der Waals surface area contributed by atoms with Gasteiger partial charge in [0, 0.05) is 10.2 Å². The third kappa shape index (κ3) is 6.25. The number of hydrogen-bond donors (Lipinski definition) is 1. The predicted octanol–water partition coefficient (Wildman–Crippen LogP) is 7.73. The number of amides is 1. The Morgan fingerprint density at radius 3 is 2.56 bits per heavy atom. The zero-order chi connectivity index (χ0) is 25.5. The molecule has 0 saturated heterocycles. The molecule has 36 heavy (non-hydrogen) atoms. The molecule has 4 rings (SSSR count). The van der Waals surface area contributed by atoms with E-state index in [0.717, 1.165) is 24.4 Å². The Morgan fingerprint density at radius 2 is 1.81 bits per heavy atom. The minimum Gasteiger partial charge on any atom is -0.490 e. The monoisotopic (exact) mass is 652 g/mol. The molecule has 7 heteroatoms. The first-order valence-corrected chi connectivity index (χ1v) is 13.1. The highest BCUT2D eigenvalue weighted by Crippen LogP contribution is 2.36. The molecule has 0 fully saturated rings. The van der Waals surface area contributed by atoms with Crippen LogP contribution in [-0.2, 0) is 11.4 Å². The number of fused-ring (bicyclic) bond motifs is 1. The molecular formula is C29H22BrIN2O3. The number of nitriles is 1. The van der Waals surface area contributed by atoms with Crippen molar-refractivity contribution in [1.82, 2.24) is 0 Å². The molecule has 0 aromatic heterocycles. The van der Waals surface area contributed by atoms with Crippen LogP contribution in [0.1, 0.15) is 18.1 Å². The van der Waals surface area contributed by atoms with Gasteiger partial charge in [-0.3, -0.25) is 4.79 Å². The van der Waals surface area contributed by atoms with Crippen molar-refractivity contribution < 1.29 is 14.3 Å². The first kappa shape index (κ1) is 25.7. The number of anilines is 1. The molecule has 0 bridgehead atoms. The fourth-order valence-corrected chi connectivity index (χ4v) is 4.73. The molecule has 0 saturated carbocycles. The summed E-state index contributed by atoms with van der Waals surface area (Å²) in [5.74, 6) is 0.700. The van der Waals surface area contributed by atoms with Crippen LogP contribution in [0.15, 0.2) is 88.9 Å². The van der Waals surface area contributed by atoms with Gasteiger partial charge in [0.05, 0.1) is 10.2 Å². The lowest BCUT2D eigenvalue weighted by atomic mass is 10.1. The number of halogens is 2. The minimum absolute atomic E-state index is 0.0133. The molecule has 0 spiro atoms. The summed E-state index contributed by atoms with van der Waals surface area (Å²) in [7, 11) is 0. The number of hydrogen-bond acceptors (Lipinski definition) is 4. The molecule has 1 N–H and O–H groups in total. The topological polar surface area (TPSA) is 71.3 Å². The molecule has 0 aliphatic rings. The van der Waals surface area contributed by atoms with E-state index < -0.39 is 5.91 Å². The van der Waals surface area contributed by atoms with Gasteiger partial charge in [-0.15, -0.1) is 0 Å². The van der Waals surface area contributed by atoms with Gasteiger partial charge in [-0.25, -0.2) is 0 Å². The van der Waals surface area contributed by atoms with Gasteiger partial charge in [-0.2, -0.15) is 5.26 Å². The lowest BCUT2D eigenvalue weighted by Crippen LogP contribution is -2.13. The van der Waals surface area contributed by atoms with Crippen LogP contribution in [0.3, 0.4) is 0 Å². The maximum atomic E-state index is 12.7. The van der Waals surface area contributed by atoms with Gasteiger partial charge in [-0.05, 0) is 93.9 Å². The SMILES string of the molecule is CCOc1cc(/C=C(/C#N)C(=O)Nc2ccc(Br)cc2)cc(I)c1OCc1cccc2ccccc12. The van der Waals surface area contributed by atoms with Crippen LogP contribution in [-0.4, -0.2) is 12.5 Å². The van der Waals surface area contributed by atoms with Crippen LogP contribution in [0.5, 0.6) is 11.5 Å². The Hall–Kier alpha value is -3.35. The van der Waals surface area contributed by atoms with Gasteiger partial charge in [0.1, 0.15) is 18.2 Å². The van der Waals surface area contributed by atoms with Crippen molar-refractivity contribution in [2.24, 2.45) is 0 Å². The molecule has 0 aliphatic heterocycles. The maximum Gasteiger partial charge on any atom is 0.266 e. The average Bonchev–Trinajstić information content (AvgIpc) is 2.88. The van der Waals surface area contributed by atoms with Crippen molar-refractivity contribution in [2.45, 2.75) is 13.5 Å². The second-order valence-corrected chi connectivity index (χ2v) is 9.90. The van der Waals surface area contributed by atoms with Crippen LogP contribution in [0.2, 0.25) is 0 Å². The van der Waals surface area contributed by atoms with E-state index >= 15 is 0 Å². The molecule has 0 atom stereocenters. The Bertz CT molecular complexity index is 1470. The molecule has 1 amide bonds. The van der Waals surface area contributed by atoms with Crippen molar-refractivity contribution in [3.8, 4) is 17.6 Å². The fraction of sp³-hybridized carbons (Fsp3) is 0.103. The number of ether oxygens (including phenoxy) is 2. The van der Waals surface area contributed by atoms with Crippen molar-refractivity contribution in [1.29, 1.82) is 5.26 Å². The lowest BCUT2D eigenvalue weighted by Gasteiger charge is -2.16. The number of carbonyl (C=O) groups excluding carboxylic acids is 1. The Balaban J connectivity index is 1.59. The van der Waals surface area contributed by atoms with E-state index in [4.69, 9.17) is 9.47 Å². The highest BCUT2D eigenvalue weighted by molar-refractivity contribution is 14.1. The Morgan fingerprint density at radius 1 is 1.06 bits per heavy atom. The normalized spacial score (nSPS) is 11.1. The quantitative estimate of drug-likeness (QED) is 0.120. The first-order chi connectivity index (χ1) is 17.5. The van der Waals surface area contributed by atoms with Gasteiger partial charge < -0.3 is 14.8 Å². The van der Waals surface area contributed by atoms with Crippen molar-refractivity contribution in [3.63, 3.8) is 0 Å². The Kier molecular flexibility index (Phi) is 8.62. The summed E-state index contributed by atoms with van der Waals surface area (Å²) in [6, 6.07) is 27.1. The van der Waals surface area contributed by atoms with E-state index in [1.807, 2.05) is 49.4 Å². The van der Waals surface area contributed by atoms with E-state index in [2.05, 4.69) is 68.1 Å². The average molecular weight is 653 g/mol. The molecule has 0 aliphatic carbocycles. The molecule has 5 nitrogen and oxygen atoms in total. The summed E-state index contributed by atoms with van der Waals surface area (Å²) in [4.78, 5) is 12.7. The molecule has 0 heterocycles. The van der Waals surface area contributed by atoms with Crippen LogP contribution < -0.4 is 14.8 Å². The lowest BCUT2D eigenvalue weighted by molar-refractivity contribution is -0.112. The predicted molar refractivity (Wildman–Crippen MR) is 155 cm³/mol. The molecule has 0 radical (unpaired) electrons. The Labute approximate surface area is 232 Å². The fourth-order valence-electron chi connectivity index (χ4n) is 3.69. The third-order valence-electron chi connectivity index (χ3n) is 5.36. The second kappa shape index (κ2) is 12.1. The van der Waals surface area contributed by atoms with Crippen LogP contribution in [0, 0.1) is 14.9 Å². The number of rotatable bonds is 8. The summed E-state index contributed by atoms with van der Waals surface area (Å²) in [6.45, 7) is 2.73. The van der Waals surface area contributed by atoms with Crippen molar-refractivity contribution in [3.05, 3.63) is 104 Å². The molecular weight excluding hydrogens is 631 g/mol. The van der Waals surface area contributed by atoms with E-state index in [0.29, 0.717) is 36.0 Å². The summed E-state index contributed by atoms with van der Waals surface area (Å²) in [6.07, 6.45) is 1.55. The van der Waals surface area contributed by atoms with Gasteiger partial charge >= 0.3 is 0 Å². The van der Waals surface area contributed by atoms with Crippen molar-refractivity contribution in [2.75, 3.05) is 11.9 Å². The van der Waals surface area contributed by atoms with Crippen LogP contribution in [0.25, 0.3) is 16.8 Å². The standard InChI is InChI=1S/C29H22BrIN2O3/c1-2-35-27-16-19(14-22(17-32)29(34)33-24-12-10-23(30)11-13-24)15-26(31)28(27)36-18-21-8-5-7-20-6-3-4-9-25(20)21/h3-16H,2,18H2,1H3,(H,33,34)/b22-14-. The number of nitrogens with one attached hydrogen (secondary N) is 1. The highest BCUT2D eigenvalue weighted by atomic mass is 127.